The highest BCUT2D eigenvalue weighted by atomic mass is 16.5. The Hall–Kier alpha value is -2.09. The molecule has 2 nitrogen and oxygen atoms in total. The molecule has 2 rings (SSSR count). The molecule has 0 aliphatic carbocycles. The van der Waals surface area contributed by atoms with Gasteiger partial charge in [0.15, 0.2) is 5.78 Å². The van der Waals surface area contributed by atoms with Crippen LogP contribution in [0.4, 0.5) is 0 Å². The number of carbonyl (C=O) groups is 1. The third-order valence-corrected chi connectivity index (χ3v) is 3.74. The second kappa shape index (κ2) is 5.49. The Labute approximate surface area is 120 Å². The van der Waals surface area contributed by atoms with Crippen LogP contribution in [-0.4, -0.2) is 12.9 Å². The third kappa shape index (κ3) is 2.60. The lowest BCUT2D eigenvalue weighted by Gasteiger charge is -2.24. The van der Waals surface area contributed by atoms with E-state index in [4.69, 9.17) is 4.74 Å². The van der Waals surface area contributed by atoms with Gasteiger partial charge in [0.1, 0.15) is 5.75 Å². The number of aryl methyl sites for hydroxylation is 1. The van der Waals surface area contributed by atoms with Crippen LogP contribution in [0.5, 0.6) is 5.75 Å². The van der Waals surface area contributed by atoms with Crippen molar-refractivity contribution < 1.29 is 9.53 Å². The Morgan fingerprint density at radius 2 is 1.70 bits per heavy atom. The van der Waals surface area contributed by atoms with Crippen molar-refractivity contribution in [1.29, 1.82) is 0 Å². The van der Waals surface area contributed by atoms with E-state index in [0.29, 0.717) is 0 Å². The van der Waals surface area contributed by atoms with Crippen molar-refractivity contribution in [3.63, 3.8) is 0 Å². The highest BCUT2D eigenvalue weighted by Gasteiger charge is 2.31. The fourth-order valence-corrected chi connectivity index (χ4v) is 2.34. The minimum absolute atomic E-state index is 0.129. The van der Waals surface area contributed by atoms with Gasteiger partial charge in [-0.15, -0.1) is 0 Å². The molecule has 0 amide bonds. The summed E-state index contributed by atoms with van der Waals surface area (Å²) < 4.78 is 5.19. The largest absolute Gasteiger partial charge is 0.497 e. The van der Waals surface area contributed by atoms with E-state index in [9.17, 15) is 4.79 Å². The Kier molecular flexibility index (Phi) is 3.93. The number of hydrogen-bond donors (Lipinski definition) is 0. The van der Waals surface area contributed by atoms with Crippen LogP contribution in [0.15, 0.2) is 48.5 Å². The maximum atomic E-state index is 12.8. The molecular weight excluding hydrogens is 248 g/mol. The number of ether oxygens (including phenoxy) is 1. The zero-order valence-corrected chi connectivity index (χ0v) is 12.4. The van der Waals surface area contributed by atoms with E-state index in [-0.39, 0.29) is 5.78 Å². The van der Waals surface area contributed by atoms with Gasteiger partial charge >= 0.3 is 0 Å². The molecule has 0 aromatic heterocycles. The third-order valence-electron chi connectivity index (χ3n) is 3.74. The summed E-state index contributed by atoms with van der Waals surface area (Å²) >= 11 is 0. The van der Waals surface area contributed by atoms with Gasteiger partial charge in [0.05, 0.1) is 12.5 Å². The molecule has 2 aromatic rings. The molecule has 0 aliphatic rings. The summed E-state index contributed by atoms with van der Waals surface area (Å²) in [5, 5.41) is 0. The van der Waals surface area contributed by atoms with E-state index in [0.717, 1.165) is 22.4 Å². The highest BCUT2D eigenvalue weighted by molar-refractivity contribution is 6.04. The normalized spacial score (nSPS) is 11.2. The summed E-state index contributed by atoms with van der Waals surface area (Å²) in [5.74, 6) is 0.903. The van der Waals surface area contributed by atoms with Crippen LogP contribution in [0.1, 0.15) is 35.3 Å². The molecule has 2 aromatic carbocycles. The summed E-state index contributed by atoms with van der Waals surface area (Å²) in [6, 6.07) is 15.5. The van der Waals surface area contributed by atoms with Crippen LogP contribution < -0.4 is 4.74 Å². The van der Waals surface area contributed by atoms with E-state index in [1.54, 1.807) is 7.11 Å². The van der Waals surface area contributed by atoms with Crippen LogP contribution in [-0.2, 0) is 5.41 Å². The second-order valence-electron chi connectivity index (χ2n) is 5.50. The maximum absolute atomic E-state index is 12.8. The number of rotatable bonds is 4. The topological polar surface area (TPSA) is 26.3 Å². The van der Waals surface area contributed by atoms with E-state index >= 15 is 0 Å². The van der Waals surface area contributed by atoms with Crippen molar-refractivity contribution >= 4 is 5.78 Å². The Morgan fingerprint density at radius 1 is 1.05 bits per heavy atom. The van der Waals surface area contributed by atoms with Gasteiger partial charge < -0.3 is 4.74 Å². The quantitative estimate of drug-likeness (QED) is 0.778. The molecule has 0 bridgehead atoms. The molecule has 0 aliphatic heterocycles. The number of carbonyl (C=O) groups excluding carboxylic acids is 1. The molecule has 0 heterocycles. The molecule has 0 N–H and O–H groups in total. The first-order chi connectivity index (χ1) is 9.46. The molecule has 0 saturated carbocycles. The molecule has 0 saturated heterocycles. The van der Waals surface area contributed by atoms with Gasteiger partial charge in [-0.3, -0.25) is 4.79 Å². The van der Waals surface area contributed by atoms with Gasteiger partial charge in [-0.05, 0) is 50.1 Å². The van der Waals surface area contributed by atoms with Gasteiger partial charge in [-0.1, -0.05) is 30.3 Å². The predicted octanol–water partition coefficient (Wildman–Crippen LogP) is 4.16. The number of ketones is 1. The average Bonchev–Trinajstić information content (AvgIpc) is 2.47. The monoisotopic (exact) mass is 268 g/mol. The smallest absolute Gasteiger partial charge is 0.173 e. The van der Waals surface area contributed by atoms with Crippen molar-refractivity contribution in [3.8, 4) is 5.75 Å². The fourth-order valence-electron chi connectivity index (χ4n) is 2.34. The Morgan fingerprint density at radius 3 is 2.25 bits per heavy atom. The van der Waals surface area contributed by atoms with Crippen LogP contribution in [0.3, 0.4) is 0 Å². The van der Waals surface area contributed by atoms with Gasteiger partial charge in [-0.25, -0.2) is 0 Å². The van der Waals surface area contributed by atoms with Crippen molar-refractivity contribution in [2.24, 2.45) is 0 Å². The van der Waals surface area contributed by atoms with Crippen molar-refractivity contribution in [3.05, 3.63) is 65.2 Å². The number of hydrogen-bond acceptors (Lipinski definition) is 2. The molecule has 2 heteroatoms. The molecule has 104 valence electrons. The lowest BCUT2D eigenvalue weighted by Crippen LogP contribution is -2.29. The molecular formula is C18H20O2. The van der Waals surface area contributed by atoms with Gasteiger partial charge in [-0.2, -0.15) is 0 Å². The number of benzene rings is 2. The Bertz CT molecular complexity index is 613. The molecule has 20 heavy (non-hydrogen) atoms. The summed E-state index contributed by atoms with van der Waals surface area (Å²) in [6.07, 6.45) is 0. The molecule has 0 spiro atoms. The van der Waals surface area contributed by atoms with Crippen LogP contribution in [0, 0.1) is 6.92 Å². The van der Waals surface area contributed by atoms with Crippen LogP contribution in [0.25, 0.3) is 0 Å². The van der Waals surface area contributed by atoms with Crippen LogP contribution in [0.2, 0.25) is 0 Å². The first-order valence-corrected chi connectivity index (χ1v) is 6.72. The number of methoxy groups -OCH3 is 1. The summed E-state index contributed by atoms with van der Waals surface area (Å²) in [7, 11) is 1.63. The van der Waals surface area contributed by atoms with E-state index in [1.165, 1.54) is 0 Å². The van der Waals surface area contributed by atoms with E-state index < -0.39 is 5.41 Å². The fraction of sp³-hybridized carbons (Fsp3) is 0.278. The molecule has 0 atom stereocenters. The zero-order chi connectivity index (χ0) is 14.8. The first-order valence-electron chi connectivity index (χ1n) is 6.72. The SMILES string of the molecule is COc1ccc(C(=O)C(C)(C)c2ccccc2)c(C)c1. The number of Topliss-reactive ketones (excluding diaryl/α,β-unsaturated/α-hetero) is 1. The molecule has 0 unspecified atom stereocenters. The van der Waals surface area contributed by atoms with Crippen molar-refractivity contribution in [1.82, 2.24) is 0 Å². The predicted molar refractivity (Wildman–Crippen MR) is 81.5 cm³/mol. The maximum Gasteiger partial charge on any atom is 0.173 e. The molecule has 0 fully saturated rings. The summed E-state index contributed by atoms with van der Waals surface area (Å²) in [5.41, 5.74) is 2.18. The van der Waals surface area contributed by atoms with Gasteiger partial charge in [0.2, 0.25) is 0 Å². The molecule has 0 radical (unpaired) electrons. The standard InChI is InChI=1S/C18H20O2/c1-13-12-15(20-4)10-11-16(13)17(19)18(2,3)14-8-6-5-7-9-14/h5-12H,1-4H3. The van der Waals surface area contributed by atoms with Gasteiger partial charge in [0.25, 0.3) is 0 Å². The first kappa shape index (κ1) is 14.3. The minimum Gasteiger partial charge on any atom is -0.497 e. The minimum atomic E-state index is -0.541. The highest BCUT2D eigenvalue weighted by Crippen LogP contribution is 2.29. The summed E-state index contributed by atoms with van der Waals surface area (Å²) in [4.78, 5) is 12.8. The van der Waals surface area contributed by atoms with Crippen LogP contribution >= 0.6 is 0 Å². The second-order valence-corrected chi connectivity index (χ2v) is 5.50. The van der Waals surface area contributed by atoms with Crippen molar-refractivity contribution in [2.45, 2.75) is 26.2 Å². The van der Waals surface area contributed by atoms with E-state index in [1.807, 2.05) is 69.3 Å². The zero-order valence-electron chi connectivity index (χ0n) is 12.4. The van der Waals surface area contributed by atoms with E-state index in [2.05, 4.69) is 0 Å². The summed E-state index contributed by atoms with van der Waals surface area (Å²) in [6.45, 7) is 5.87. The average molecular weight is 268 g/mol. The Balaban J connectivity index is 2.41. The van der Waals surface area contributed by atoms with Crippen molar-refractivity contribution in [2.75, 3.05) is 7.11 Å². The van der Waals surface area contributed by atoms with Gasteiger partial charge in [0, 0.05) is 5.56 Å². The lowest BCUT2D eigenvalue weighted by atomic mass is 9.77. The lowest BCUT2D eigenvalue weighted by molar-refractivity contribution is 0.0908.